The molecular weight excluding hydrogens is 300 g/mol. The number of benzene rings is 4. The van der Waals surface area contributed by atoms with Gasteiger partial charge in [-0.3, -0.25) is 0 Å². The molecule has 0 bridgehead atoms. The third-order valence-corrected chi connectivity index (χ3v) is 4.53. The first-order valence-corrected chi connectivity index (χ1v) is 8.67. The summed E-state index contributed by atoms with van der Waals surface area (Å²) in [5.74, 6) is 0. The van der Waals surface area contributed by atoms with E-state index in [9.17, 15) is 0 Å². The Kier molecular flexibility index (Phi) is 4.43. The van der Waals surface area contributed by atoms with Gasteiger partial charge in [0.15, 0.2) is 0 Å². The smallest absolute Gasteiger partial charge is 0.00258 e. The Bertz CT molecular complexity index is 838. The molecule has 0 saturated carbocycles. The van der Waals surface area contributed by atoms with Gasteiger partial charge in [-0.05, 0) is 39.8 Å². The minimum Gasteiger partial charge on any atom is -0.0622 e. The summed E-state index contributed by atoms with van der Waals surface area (Å²) < 4.78 is 0. The SMILES string of the molecule is c1ccc(-c2ccc(Cc3ccc(-c4ccccc4)cc3)cc2)cc1. The van der Waals surface area contributed by atoms with Gasteiger partial charge in [0.05, 0.1) is 0 Å². The van der Waals surface area contributed by atoms with Crippen LogP contribution in [0, 0.1) is 0 Å². The molecule has 0 radical (unpaired) electrons. The van der Waals surface area contributed by atoms with Crippen LogP contribution >= 0.6 is 0 Å². The van der Waals surface area contributed by atoms with E-state index in [0.717, 1.165) is 6.42 Å². The van der Waals surface area contributed by atoms with Crippen molar-refractivity contribution in [3.63, 3.8) is 0 Å². The van der Waals surface area contributed by atoms with Crippen LogP contribution in [0.5, 0.6) is 0 Å². The summed E-state index contributed by atoms with van der Waals surface area (Å²) >= 11 is 0. The summed E-state index contributed by atoms with van der Waals surface area (Å²) in [4.78, 5) is 0. The van der Waals surface area contributed by atoms with Crippen molar-refractivity contribution in [1.82, 2.24) is 0 Å². The van der Waals surface area contributed by atoms with E-state index in [-0.39, 0.29) is 0 Å². The highest BCUT2D eigenvalue weighted by Gasteiger charge is 2.01. The van der Waals surface area contributed by atoms with Gasteiger partial charge in [0.1, 0.15) is 0 Å². The van der Waals surface area contributed by atoms with Gasteiger partial charge in [-0.25, -0.2) is 0 Å². The van der Waals surface area contributed by atoms with Crippen LogP contribution in [0.25, 0.3) is 22.3 Å². The summed E-state index contributed by atoms with van der Waals surface area (Å²) in [7, 11) is 0. The van der Waals surface area contributed by atoms with Gasteiger partial charge in [0.25, 0.3) is 0 Å². The number of hydrogen-bond acceptors (Lipinski definition) is 0. The van der Waals surface area contributed by atoms with E-state index in [1.165, 1.54) is 33.4 Å². The van der Waals surface area contributed by atoms with Crippen LogP contribution in [0.1, 0.15) is 11.1 Å². The maximum absolute atomic E-state index is 2.23. The highest BCUT2D eigenvalue weighted by Crippen LogP contribution is 2.22. The third-order valence-electron chi connectivity index (χ3n) is 4.53. The van der Waals surface area contributed by atoms with Gasteiger partial charge in [-0.2, -0.15) is 0 Å². The van der Waals surface area contributed by atoms with Crippen molar-refractivity contribution in [2.24, 2.45) is 0 Å². The average molecular weight is 320 g/mol. The van der Waals surface area contributed by atoms with Crippen LogP contribution in [0.15, 0.2) is 109 Å². The Morgan fingerprint density at radius 2 is 0.640 bits per heavy atom. The lowest BCUT2D eigenvalue weighted by Crippen LogP contribution is -1.88. The molecule has 0 aromatic heterocycles. The molecule has 0 saturated heterocycles. The van der Waals surface area contributed by atoms with Crippen molar-refractivity contribution in [3.8, 4) is 22.3 Å². The average Bonchev–Trinajstić information content (AvgIpc) is 2.71. The van der Waals surface area contributed by atoms with Crippen LogP contribution in [-0.4, -0.2) is 0 Å². The van der Waals surface area contributed by atoms with E-state index in [1.54, 1.807) is 0 Å². The van der Waals surface area contributed by atoms with Gasteiger partial charge in [-0.15, -0.1) is 0 Å². The molecule has 0 heteroatoms. The van der Waals surface area contributed by atoms with E-state index in [4.69, 9.17) is 0 Å². The van der Waals surface area contributed by atoms with E-state index in [2.05, 4.69) is 109 Å². The fourth-order valence-electron chi connectivity index (χ4n) is 3.13. The molecule has 0 N–H and O–H groups in total. The lowest BCUT2D eigenvalue weighted by molar-refractivity contribution is 1.19. The molecule has 0 fully saturated rings. The van der Waals surface area contributed by atoms with E-state index in [0.29, 0.717) is 0 Å². The first kappa shape index (κ1) is 15.4. The van der Waals surface area contributed by atoms with Crippen LogP contribution in [0.4, 0.5) is 0 Å². The van der Waals surface area contributed by atoms with Crippen molar-refractivity contribution in [2.45, 2.75) is 6.42 Å². The maximum Gasteiger partial charge on any atom is -0.00258 e. The molecule has 4 rings (SSSR count). The van der Waals surface area contributed by atoms with Crippen LogP contribution < -0.4 is 0 Å². The molecule has 0 aliphatic rings. The molecule has 0 atom stereocenters. The van der Waals surface area contributed by atoms with Gasteiger partial charge in [-0.1, -0.05) is 109 Å². The molecule has 120 valence electrons. The molecule has 0 unspecified atom stereocenters. The molecule has 0 heterocycles. The van der Waals surface area contributed by atoms with Crippen LogP contribution in [0.3, 0.4) is 0 Å². The highest BCUT2D eigenvalue weighted by molar-refractivity contribution is 5.64. The summed E-state index contributed by atoms with van der Waals surface area (Å²) in [5.41, 5.74) is 7.74. The molecule has 4 aromatic carbocycles. The first-order chi connectivity index (χ1) is 12.4. The molecule has 0 spiro atoms. The standard InChI is InChI=1S/C25H20/c1-3-7-22(8-4-1)24-15-11-20(12-16-24)19-21-13-17-25(18-14-21)23-9-5-2-6-10-23/h1-18H,19H2. The molecule has 25 heavy (non-hydrogen) atoms. The second-order valence-electron chi connectivity index (χ2n) is 6.30. The summed E-state index contributed by atoms with van der Waals surface area (Å²) in [6.07, 6.45) is 0.962. The first-order valence-electron chi connectivity index (χ1n) is 8.67. The summed E-state index contributed by atoms with van der Waals surface area (Å²) in [6.45, 7) is 0. The number of rotatable bonds is 4. The fraction of sp³-hybridized carbons (Fsp3) is 0.0400. The lowest BCUT2D eigenvalue weighted by atomic mass is 9.98. The molecular formula is C25H20. The zero-order valence-electron chi connectivity index (χ0n) is 14.1. The third kappa shape index (κ3) is 3.70. The highest BCUT2D eigenvalue weighted by atomic mass is 14.1. The monoisotopic (exact) mass is 320 g/mol. The van der Waals surface area contributed by atoms with Crippen LogP contribution in [0.2, 0.25) is 0 Å². The summed E-state index contributed by atoms with van der Waals surface area (Å²) in [6, 6.07) is 38.8. The van der Waals surface area contributed by atoms with Crippen molar-refractivity contribution in [1.29, 1.82) is 0 Å². The predicted octanol–water partition coefficient (Wildman–Crippen LogP) is 6.61. The normalized spacial score (nSPS) is 10.6. The zero-order valence-corrected chi connectivity index (χ0v) is 14.1. The molecule has 4 aromatic rings. The van der Waals surface area contributed by atoms with E-state index in [1.807, 2.05) is 0 Å². The van der Waals surface area contributed by atoms with Crippen molar-refractivity contribution in [2.75, 3.05) is 0 Å². The Morgan fingerprint density at radius 3 is 1.00 bits per heavy atom. The predicted molar refractivity (Wildman–Crippen MR) is 107 cm³/mol. The van der Waals surface area contributed by atoms with E-state index < -0.39 is 0 Å². The Balaban J connectivity index is 1.49. The second kappa shape index (κ2) is 7.19. The van der Waals surface area contributed by atoms with Crippen molar-refractivity contribution < 1.29 is 0 Å². The Morgan fingerprint density at radius 1 is 0.320 bits per heavy atom. The van der Waals surface area contributed by atoms with Gasteiger partial charge >= 0.3 is 0 Å². The lowest BCUT2D eigenvalue weighted by Gasteiger charge is -2.07. The minimum atomic E-state index is 0.962. The van der Waals surface area contributed by atoms with E-state index >= 15 is 0 Å². The van der Waals surface area contributed by atoms with Gasteiger partial charge in [0.2, 0.25) is 0 Å². The van der Waals surface area contributed by atoms with Crippen molar-refractivity contribution in [3.05, 3.63) is 120 Å². The molecule has 0 aliphatic carbocycles. The second-order valence-corrected chi connectivity index (χ2v) is 6.30. The number of hydrogen-bond donors (Lipinski definition) is 0. The fourth-order valence-corrected chi connectivity index (χ4v) is 3.13. The molecule has 0 aliphatic heterocycles. The van der Waals surface area contributed by atoms with Gasteiger partial charge < -0.3 is 0 Å². The quantitative estimate of drug-likeness (QED) is 0.397. The Labute approximate surface area is 149 Å². The molecule has 0 nitrogen and oxygen atoms in total. The zero-order chi connectivity index (χ0) is 16.9. The summed E-state index contributed by atoms with van der Waals surface area (Å²) in [5, 5.41) is 0. The molecule has 0 amide bonds. The van der Waals surface area contributed by atoms with Gasteiger partial charge in [0, 0.05) is 0 Å². The largest absolute Gasteiger partial charge is 0.0622 e. The van der Waals surface area contributed by atoms with Crippen molar-refractivity contribution >= 4 is 0 Å². The van der Waals surface area contributed by atoms with Crippen LogP contribution in [-0.2, 0) is 6.42 Å². The maximum atomic E-state index is 2.23. The Hall–Kier alpha value is -3.12. The minimum absolute atomic E-state index is 0.962. The topological polar surface area (TPSA) is 0 Å².